The second-order valence-corrected chi connectivity index (χ2v) is 5.71. The van der Waals surface area contributed by atoms with Crippen LogP contribution in [-0.2, 0) is 10.3 Å². The van der Waals surface area contributed by atoms with E-state index in [4.69, 9.17) is 0 Å². The van der Waals surface area contributed by atoms with Crippen molar-refractivity contribution < 1.29 is 4.79 Å². The molecule has 0 atom stereocenters. The van der Waals surface area contributed by atoms with Gasteiger partial charge in [0.15, 0.2) is 0 Å². The maximum Gasteiger partial charge on any atom is 0.252 e. The molecule has 1 aliphatic rings. The Morgan fingerprint density at radius 3 is 2.83 bits per heavy atom. The number of amides is 1. The van der Waals surface area contributed by atoms with Crippen LogP contribution in [-0.4, -0.2) is 44.2 Å². The van der Waals surface area contributed by atoms with Crippen LogP contribution in [0.25, 0.3) is 11.0 Å². The molecule has 0 radical (unpaired) electrons. The fourth-order valence-corrected chi connectivity index (χ4v) is 3.09. The Labute approximate surface area is 132 Å². The highest BCUT2D eigenvalue weighted by molar-refractivity contribution is 5.98. The average Bonchev–Trinajstić information content (AvgIpc) is 3.27. The van der Waals surface area contributed by atoms with Gasteiger partial charge >= 0.3 is 0 Å². The molecule has 2 aromatic heterocycles. The van der Waals surface area contributed by atoms with Gasteiger partial charge in [-0.25, -0.2) is 0 Å². The molecule has 3 N–H and O–H groups in total. The number of H-pyrrole nitrogens is 1. The quantitative estimate of drug-likeness (QED) is 0.666. The van der Waals surface area contributed by atoms with Crippen molar-refractivity contribution in [1.82, 2.24) is 30.5 Å². The number of carbonyl (C=O) groups excluding carboxylic acids is 1. The monoisotopic (exact) mass is 311 g/mol. The van der Waals surface area contributed by atoms with Crippen molar-refractivity contribution in [3.05, 3.63) is 36.7 Å². The summed E-state index contributed by atoms with van der Waals surface area (Å²) in [4.78, 5) is 13.0. The van der Waals surface area contributed by atoms with Crippen LogP contribution in [0.3, 0.4) is 0 Å². The molecule has 1 fully saturated rings. The van der Waals surface area contributed by atoms with Gasteiger partial charge in [-0.2, -0.15) is 20.5 Å². The molecule has 8 nitrogen and oxygen atoms in total. The number of rotatable bonds is 3. The Morgan fingerprint density at radius 2 is 2.04 bits per heavy atom. The molecule has 8 heteroatoms. The molecule has 0 spiro atoms. The normalized spacial score (nSPS) is 17.2. The van der Waals surface area contributed by atoms with Crippen molar-refractivity contribution in [2.75, 3.05) is 18.4 Å². The first-order valence-corrected chi connectivity index (χ1v) is 7.61. The second-order valence-electron chi connectivity index (χ2n) is 5.71. The maximum atomic E-state index is 13.0. The van der Waals surface area contributed by atoms with E-state index in [1.807, 2.05) is 30.5 Å². The molecule has 0 unspecified atom stereocenters. The predicted molar refractivity (Wildman–Crippen MR) is 84.8 cm³/mol. The van der Waals surface area contributed by atoms with E-state index in [9.17, 15) is 4.79 Å². The zero-order valence-corrected chi connectivity index (χ0v) is 12.5. The largest absolute Gasteiger partial charge is 0.324 e. The third-order valence-corrected chi connectivity index (χ3v) is 4.37. The van der Waals surface area contributed by atoms with E-state index < -0.39 is 5.54 Å². The summed E-state index contributed by atoms with van der Waals surface area (Å²) < 4.78 is 1.78. The lowest BCUT2D eigenvalue weighted by Crippen LogP contribution is -2.52. The van der Waals surface area contributed by atoms with E-state index in [-0.39, 0.29) is 5.91 Å². The summed E-state index contributed by atoms with van der Waals surface area (Å²) in [6, 6.07) is 7.32. The number of aromatic amines is 1. The predicted octanol–water partition coefficient (Wildman–Crippen LogP) is 0.872. The van der Waals surface area contributed by atoms with Crippen LogP contribution >= 0.6 is 0 Å². The molecule has 1 aliphatic heterocycles. The number of hydrogen-bond donors (Lipinski definition) is 3. The summed E-state index contributed by atoms with van der Waals surface area (Å²) in [6.45, 7) is 1.57. The van der Waals surface area contributed by atoms with Gasteiger partial charge < -0.3 is 10.6 Å². The Morgan fingerprint density at radius 1 is 1.22 bits per heavy atom. The molecule has 23 heavy (non-hydrogen) atoms. The van der Waals surface area contributed by atoms with Crippen LogP contribution in [0.5, 0.6) is 0 Å². The highest BCUT2D eigenvalue weighted by atomic mass is 16.2. The van der Waals surface area contributed by atoms with E-state index in [0.717, 1.165) is 24.1 Å². The Kier molecular flexibility index (Phi) is 3.30. The Bertz CT molecular complexity index is 817. The minimum Gasteiger partial charge on any atom is -0.324 e. The van der Waals surface area contributed by atoms with E-state index in [2.05, 4.69) is 31.1 Å². The number of fused-ring (bicyclic) bond motifs is 1. The molecule has 1 aromatic carbocycles. The Hall–Kier alpha value is -2.74. The lowest BCUT2D eigenvalue weighted by Gasteiger charge is -2.36. The number of benzene rings is 1. The number of hydrogen-bond acceptors (Lipinski definition) is 5. The topological polar surface area (TPSA) is 101 Å². The second kappa shape index (κ2) is 5.47. The average molecular weight is 311 g/mol. The van der Waals surface area contributed by atoms with Crippen molar-refractivity contribution in [1.29, 1.82) is 0 Å². The van der Waals surface area contributed by atoms with Gasteiger partial charge in [0.1, 0.15) is 16.6 Å². The number of aromatic nitrogens is 5. The highest BCUT2D eigenvalue weighted by Gasteiger charge is 2.42. The number of anilines is 1. The van der Waals surface area contributed by atoms with Crippen LogP contribution in [0.2, 0.25) is 0 Å². The molecule has 1 amide bonds. The summed E-state index contributed by atoms with van der Waals surface area (Å²) in [5.41, 5.74) is 1.54. The van der Waals surface area contributed by atoms with Crippen LogP contribution in [0.4, 0.5) is 5.69 Å². The molecule has 3 aromatic rings. The van der Waals surface area contributed by atoms with Gasteiger partial charge in [-0.15, -0.1) is 0 Å². The molecular formula is C15H17N7O. The lowest BCUT2D eigenvalue weighted by atomic mass is 9.87. The zero-order valence-electron chi connectivity index (χ0n) is 12.5. The van der Waals surface area contributed by atoms with Crippen molar-refractivity contribution in [2.45, 2.75) is 18.4 Å². The smallest absolute Gasteiger partial charge is 0.252 e. The fourth-order valence-electron chi connectivity index (χ4n) is 3.09. The van der Waals surface area contributed by atoms with Gasteiger partial charge in [0.25, 0.3) is 5.91 Å². The first kappa shape index (κ1) is 13.9. The zero-order chi connectivity index (χ0) is 15.7. The SMILES string of the molecule is O=C(Nc1ccc2n[nH]nc2c1)C1(n2cccn2)CCNCC1. The van der Waals surface area contributed by atoms with Gasteiger partial charge in [-0.1, -0.05) is 0 Å². The van der Waals surface area contributed by atoms with Gasteiger partial charge in [-0.05, 0) is 50.2 Å². The van der Waals surface area contributed by atoms with Crippen LogP contribution in [0.1, 0.15) is 12.8 Å². The number of piperidine rings is 1. The molecule has 0 bridgehead atoms. The maximum absolute atomic E-state index is 13.0. The summed E-state index contributed by atoms with van der Waals surface area (Å²) >= 11 is 0. The van der Waals surface area contributed by atoms with Crippen molar-refractivity contribution >= 4 is 22.6 Å². The summed E-state index contributed by atoms with van der Waals surface area (Å²) in [6.07, 6.45) is 4.96. The third kappa shape index (κ3) is 2.36. The first-order chi connectivity index (χ1) is 11.3. The molecule has 3 heterocycles. The lowest BCUT2D eigenvalue weighted by molar-refractivity contribution is -0.126. The Balaban J connectivity index is 1.64. The van der Waals surface area contributed by atoms with Crippen LogP contribution < -0.4 is 10.6 Å². The van der Waals surface area contributed by atoms with Crippen LogP contribution in [0.15, 0.2) is 36.7 Å². The van der Waals surface area contributed by atoms with E-state index in [1.54, 1.807) is 10.9 Å². The molecule has 1 saturated heterocycles. The molecule has 0 saturated carbocycles. The first-order valence-electron chi connectivity index (χ1n) is 7.61. The molecule has 4 rings (SSSR count). The van der Waals surface area contributed by atoms with Gasteiger partial charge in [0, 0.05) is 18.1 Å². The van der Waals surface area contributed by atoms with Crippen molar-refractivity contribution in [2.24, 2.45) is 0 Å². The molecular weight excluding hydrogens is 294 g/mol. The highest BCUT2D eigenvalue weighted by Crippen LogP contribution is 2.29. The minimum atomic E-state index is -0.659. The van der Waals surface area contributed by atoms with E-state index in [1.165, 1.54) is 0 Å². The van der Waals surface area contributed by atoms with Gasteiger partial charge in [0.05, 0.1) is 0 Å². The van der Waals surface area contributed by atoms with Crippen molar-refractivity contribution in [3.63, 3.8) is 0 Å². The fraction of sp³-hybridized carbons (Fsp3) is 0.333. The summed E-state index contributed by atoms with van der Waals surface area (Å²) in [7, 11) is 0. The number of nitrogens with one attached hydrogen (secondary N) is 3. The summed E-state index contributed by atoms with van der Waals surface area (Å²) in [5.74, 6) is -0.0504. The minimum absolute atomic E-state index is 0.0504. The van der Waals surface area contributed by atoms with Crippen LogP contribution in [0, 0.1) is 0 Å². The number of nitrogens with zero attached hydrogens (tertiary/aromatic N) is 4. The van der Waals surface area contributed by atoms with E-state index >= 15 is 0 Å². The summed E-state index contributed by atoms with van der Waals surface area (Å²) in [5, 5.41) is 21.3. The number of carbonyl (C=O) groups is 1. The van der Waals surface area contributed by atoms with E-state index in [0.29, 0.717) is 18.5 Å². The third-order valence-electron chi connectivity index (χ3n) is 4.37. The van der Waals surface area contributed by atoms with Crippen molar-refractivity contribution in [3.8, 4) is 0 Å². The van der Waals surface area contributed by atoms with Gasteiger partial charge in [0.2, 0.25) is 0 Å². The van der Waals surface area contributed by atoms with Gasteiger partial charge in [-0.3, -0.25) is 9.48 Å². The standard InChI is InChI=1S/C15H17N7O/c23-14(18-11-2-3-12-13(10-11)20-21-19-12)15(4-7-16-8-5-15)22-9-1-6-17-22/h1-3,6,9-10,16H,4-5,7-8H2,(H,18,23)(H,19,20,21). The molecule has 0 aliphatic carbocycles. The molecule has 118 valence electrons.